The number of imidazole rings is 2. The number of aryl methyl sites for hydroxylation is 1. The fourth-order valence-corrected chi connectivity index (χ4v) is 3.39. The molecule has 0 fully saturated rings. The number of rotatable bonds is 4. The quantitative estimate of drug-likeness (QED) is 0.757. The molecule has 0 radical (unpaired) electrons. The van der Waals surface area contributed by atoms with E-state index in [9.17, 15) is 9.18 Å². The topological polar surface area (TPSA) is 75.6 Å². The second-order valence-electron chi connectivity index (χ2n) is 6.52. The van der Waals surface area contributed by atoms with E-state index >= 15 is 0 Å². The van der Waals surface area contributed by atoms with Gasteiger partial charge in [0, 0.05) is 37.1 Å². The molecule has 1 aliphatic rings. The summed E-state index contributed by atoms with van der Waals surface area (Å²) in [6, 6.07) is 6.43. The van der Waals surface area contributed by atoms with Crippen LogP contribution in [0.15, 0.2) is 36.7 Å². The van der Waals surface area contributed by atoms with Gasteiger partial charge in [-0.25, -0.2) is 14.4 Å². The molecule has 1 aliphatic heterocycles. The molecule has 0 spiro atoms. The standard InChI is InChI=1S/C19H20FN5O/c1-2-8-25-9-7-21-18(25)17-23-15-10-13(11-22-19(26)16(15)24-17)12-3-5-14(20)6-4-12/h3-7,9,13H,2,8,10-11H2,1H3,(H,22,26)(H,23,24)/t13-/m0/s1. The molecule has 7 heteroatoms. The van der Waals surface area contributed by atoms with Gasteiger partial charge in [-0.1, -0.05) is 19.1 Å². The SMILES string of the molecule is CCCn1ccnc1-c1nc2c([nH]1)C[C@H](c1ccc(F)cc1)CNC2=O. The fourth-order valence-electron chi connectivity index (χ4n) is 3.39. The summed E-state index contributed by atoms with van der Waals surface area (Å²) in [4.78, 5) is 24.6. The third kappa shape index (κ3) is 3.00. The van der Waals surface area contributed by atoms with Crippen LogP contribution in [0.1, 0.15) is 41.0 Å². The molecule has 0 unspecified atom stereocenters. The predicted octanol–water partition coefficient (Wildman–Crippen LogP) is 2.89. The first-order valence-electron chi connectivity index (χ1n) is 8.79. The molecule has 6 nitrogen and oxygen atoms in total. The maximum Gasteiger partial charge on any atom is 0.271 e. The summed E-state index contributed by atoms with van der Waals surface area (Å²) in [5.74, 6) is 0.929. The van der Waals surface area contributed by atoms with Crippen LogP contribution in [0.4, 0.5) is 4.39 Å². The van der Waals surface area contributed by atoms with Crippen molar-refractivity contribution in [1.29, 1.82) is 0 Å². The van der Waals surface area contributed by atoms with Crippen molar-refractivity contribution in [3.05, 3.63) is 59.4 Å². The van der Waals surface area contributed by atoms with E-state index in [0.717, 1.165) is 30.0 Å². The van der Waals surface area contributed by atoms with Crippen LogP contribution in [-0.4, -0.2) is 32.0 Å². The smallest absolute Gasteiger partial charge is 0.271 e. The van der Waals surface area contributed by atoms with Crippen LogP contribution < -0.4 is 5.32 Å². The third-order valence-corrected chi connectivity index (χ3v) is 4.69. The highest BCUT2D eigenvalue weighted by Gasteiger charge is 2.27. The molecule has 3 heterocycles. The van der Waals surface area contributed by atoms with Crippen molar-refractivity contribution in [2.45, 2.75) is 32.2 Å². The molecule has 3 aromatic rings. The second kappa shape index (κ2) is 6.74. The van der Waals surface area contributed by atoms with Gasteiger partial charge in [0.05, 0.1) is 0 Å². The number of nitrogens with zero attached hydrogens (tertiary/aromatic N) is 3. The first kappa shape index (κ1) is 16.5. The molecule has 0 bridgehead atoms. The van der Waals surface area contributed by atoms with Gasteiger partial charge in [0.15, 0.2) is 11.6 Å². The van der Waals surface area contributed by atoms with Gasteiger partial charge < -0.3 is 14.9 Å². The van der Waals surface area contributed by atoms with Crippen molar-refractivity contribution in [2.75, 3.05) is 6.54 Å². The van der Waals surface area contributed by atoms with Crippen LogP contribution in [0.5, 0.6) is 0 Å². The molecular formula is C19H20FN5O. The van der Waals surface area contributed by atoms with Gasteiger partial charge in [-0.3, -0.25) is 4.79 Å². The number of hydrogen-bond acceptors (Lipinski definition) is 3. The van der Waals surface area contributed by atoms with Gasteiger partial charge in [0.2, 0.25) is 0 Å². The first-order chi connectivity index (χ1) is 12.7. The Kier molecular flexibility index (Phi) is 4.28. The highest BCUT2D eigenvalue weighted by Crippen LogP contribution is 2.26. The van der Waals surface area contributed by atoms with E-state index in [2.05, 4.69) is 27.2 Å². The lowest BCUT2D eigenvalue weighted by molar-refractivity contribution is 0.0950. The van der Waals surface area contributed by atoms with E-state index in [-0.39, 0.29) is 17.6 Å². The number of aromatic nitrogens is 4. The van der Waals surface area contributed by atoms with Crippen LogP contribution in [0.3, 0.4) is 0 Å². The van der Waals surface area contributed by atoms with Crippen molar-refractivity contribution >= 4 is 5.91 Å². The molecule has 2 aromatic heterocycles. The molecule has 26 heavy (non-hydrogen) atoms. The van der Waals surface area contributed by atoms with Crippen LogP contribution in [-0.2, 0) is 13.0 Å². The molecule has 2 N–H and O–H groups in total. The van der Waals surface area contributed by atoms with Crippen molar-refractivity contribution in [3.63, 3.8) is 0 Å². The Morgan fingerprint density at radius 3 is 2.88 bits per heavy atom. The van der Waals surface area contributed by atoms with Gasteiger partial charge in [0.25, 0.3) is 5.91 Å². The van der Waals surface area contributed by atoms with Gasteiger partial charge in [-0.05, 0) is 30.5 Å². The van der Waals surface area contributed by atoms with Crippen molar-refractivity contribution in [1.82, 2.24) is 24.8 Å². The molecule has 0 saturated heterocycles. The van der Waals surface area contributed by atoms with E-state index in [1.54, 1.807) is 18.3 Å². The van der Waals surface area contributed by atoms with Crippen LogP contribution >= 0.6 is 0 Å². The molecule has 4 rings (SSSR count). The molecule has 0 aliphatic carbocycles. The van der Waals surface area contributed by atoms with Crippen LogP contribution in [0.2, 0.25) is 0 Å². The first-order valence-corrected chi connectivity index (χ1v) is 8.79. The lowest BCUT2D eigenvalue weighted by Gasteiger charge is -2.14. The number of fused-ring (bicyclic) bond motifs is 1. The highest BCUT2D eigenvalue weighted by molar-refractivity contribution is 5.94. The predicted molar refractivity (Wildman–Crippen MR) is 95.3 cm³/mol. The minimum absolute atomic E-state index is 0.0597. The molecule has 1 atom stereocenters. The minimum atomic E-state index is -0.265. The summed E-state index contributed by atoms with van der Waals surface area (Å²) in [5.41, 5.74) is 2.19. The van der Waals surface area contributed by atoms with Crippen LogP contribution in [0, 0.1) is 5.82 Å². The molecule has 1 aromatic carbocycles. The van der Waals surface area contributed by atoms with Gasteiger partial charge >= 0.3 is 0 Å². The van der Waals surface area contributed by atoms with Crippen molar-refractivity contribution < 1.29 is 9.18 Å². The van der Waals surface area contributed by atoms with E-state index in [4.69, 9.17) is 0 Å². The monoisotopic (exact) mass is 353 g/mol. The second-order valence-corrected chi connectivity index (χ2v) is 6.52. The number of nitrogens with one attached hydrogen (secondary N) is 2. The Hall–Kier alpha value is -2.96. The third-order valence-electron chi connectivity index (χ3n) is 4.69. The van der Waals surface area contributed by atoms with Crippen molar-refractivity contribution in [2.24, 2.45) is 0 Å². The Bertz CT molecular complexity index is 928. The van der Waals surface area contributed by atoms with Gasteiger partial charge in [-0.2, -0.15) is 0 Å². The Balaban J connectivity index is 1.68. The van der Waals surface area contributed by atoms with Gasteiger partial charge in [0.1, 0.15) is 11.5 Å². The van der Waals surface area contributed by atoms with E-state index in [0.29, 0.717) is 24.5 Å². The highest BCUT2D eigenvalue weighted by atomic mass is 19.1. The lowest BCUT2D eigenvalue weighted by Crippen LogP contribution is -2.26. The zero-order chi connectivity index (χ0) is 18.1. The summed E-state index contributed by atoms with van der Waals surface area (Å²) >= 11 is 0. The van der Waals surface area contributed by atoms with Gasteiger partial charge in [-0.15, -0.1) is 0 Å². The summed E-state index contributed by atoms with van der Waals surface area (Å²) in [5, 5.41) is 2.92. The summed E-state index contributed by atoms with van der Waals surface area (Å²) in [6.45, 7) is 3.43. The van der Waals surface area contributed by atoms with E-state index in [1.807, 2.05) is 10.8 Å². The number of carbonyl (C=O) groups excluding carboxylic acids is 1. The molecular weight excluding hydrogens is 333 g/mol. The number of H-pyrrole nitrogens is 1. The average Bonchev–Trinajstić information content (AvgIpc) is 3.23. The fraction of sp³-hybridized carbons (Fsp3) is 0.316. The Labute approximate surface area is 150 Å². The maximum atomic E-state index is 13.2. The number of aromatic amines is 1. The Morgan fingerprint density at radius 2 is 2.12 bits per heavy atom. The zero-order valence-corrected chi connectivity index (χ0v) is 14.5. The number of halogens is 1. The lowest BCUT2D eigenvalue weighted by atomic mass is 9.94. The largest absolute Gasteiger partial charge is 0.350 e. The minimum Gasteiger partial charge on any atom is -0.350 e. The van der Waals surface area contributed by atoms with Crippen molar-refractivity contribution in [3.8, 4) is 11.6 Å². The Morgan fingerprint density at radius 1 is 1.31 bits per heavy atom. The van der Waals surface area contributed by atoms with E-state index in [1.165, 1.54) is 12.1 Å². The zero-order valence-electron chi connectivity index (χ0n) is 14.5. The number of benzene rings is 1. The summed E-state index contributed by atoms with van der Waals surface area (Å²) < 4.78 is 15.2. The van der Waals surface area contributed by atoms with E-state index < -0.39 is 0 Å². The molecule has 1 amide bonds. The average molecular weight is 353 g/mol. The normalized spacial score (nSPS) is 16.8. The molecule has 134 valence electrons. The number of carbonyl (C=O) groups is 1. The van der Waals surface area contributed by atoms with Crippen LogP contribution in [0.25, 0.3) is 11.6 Å². The molecule has 0 saturated carbocycles. The summed E-state index contributed by atoms with van der Waals surface area (Å²) in [6.07, 6.45) is 5.26. The number of hydrogen-bond donors (Lipinski definition) is 2. The maximum absolute atomic E-state index is 13.2. The number of amides is 1. The summed E-state index contributed by atoms with van der Waals surface area (Å²) in [7, 11) is 0.